The molecule has 1 nitrogen and oxygen atoms in total. The van der Waals surface area contributed by atoms with Gasteiger partial charge in [-0.05, 0) is 38.6 Å². The van der Waals surface area contributed by atoms with E-state index in [0.29, 0.717) is 5.54 Å². The zero-order valence-corrected chi connectivity index (χ0v) is 8.94. The third-order valence-corrected chi connectivity index (χ3v) is 4.14. The summed E-state index contributed by atoms with van der Waals surface area (Å²) in [6.07, 6.45) is 13.3. The van der Waals surface area contributed by atoms with E-state index >= 15 is 0 Å². The van der Waals surface area contributed by atoms with Crippen molar-refractivity contribution < 1.29 is 0 Å². The SMILES string of the molecule is CNC1(CCC2CCCCC2)CC1. The number of hydrogen-bond acceptors (Lipinski definition) is 1. The molecule has 2 fully saturated rings. The maximum atomic E-state index is 3.49. The van der Waals surface area contributed by atoms with Crippen LogP contribution in [0.3, 0.4) is 0 Å². The molecule has 0 heterocycles. The summed E-state index contributed by atoms with van der Waals surface area (Å²) < 4.78 is 0. The summed E-state index contributed by atoms with van der Waals surface area (Å²) >= 11 is 0. The largest absolute Gasteiger partial charge is 0.314 e. The summed E-state index contributed by atoms with van der Waals surface area (Å²) in [4.78, 5) is 0. The van der Waals surface area contributed by atoms with Crippen LogP contribution in [0, 0.1) is 5.92 Å². The monoisotopic (exact) mass is 181 g/mol. The Balaban J connectivity index is 1.66. The maximum absolute atomic E-state index is 3.49. The van der Waals surface area contributed by atoms with E-state index in [1.165, 1.54) is 57.8 Å². The first-order valence-electron chi connectivity index (χ1n) is 6.04. The van der Waals surface area contributed by atoms with Crippen molar-refractivity contribution in [3.8, 4) is 0 Å². The lowest BCUT2D eigenvalue weighted by Crippen LogP contribution is -2.27. The van der Waals surface area contributed by atoms with Crippen LogP contribution in [0.15, 0.2) is 0 Å². The molecule has 1 N–H and O–H groups in total. The zero-order chi connectivity index (χ0) is 9.15. The molecular weight excluding hydrogens is 158 g/mol. The quantitative estimate of drug-likeness (QED) is 0.702. The Morgan fingerprint density at radius 2 is 1.85 bits per heavy atom. The van der Waals surface area contributed by atoms with Crippen molar-refractivity contribution in [1.82, 2.24) is 5.32 Å². The molecule has 2 aliphatic carbocycles. The Morgan fingerprint density at radius 3 is 2.38 bits per heavy atom. The van der Waals surface area contributed by atoms with Gasteiger partial charge >= 0.3 is 0 Å². The van der Waals surface area contributed by atoms with E-state index < -0.39 is 0 Å². The van der Waals surface area contributed by atoms with Gasteiger partial charge in [0.1, 0.15) is 0 Å². The molecule has 76 valence electrons. The average molecular weight is 181 g/mol. The summed E-state index contributed by atoms with van der Waals surface area (Å²) in [5, 5.41) is 3.49. The molecule has 0 aliphatic heterocycles. The number of hydrogen-bond donors (Lipinski definition) is 1. The normalized spacial score (nSPS) is 27.5. The Morgan fingerprint density at radius 1 is 1.15 bits per heavy atom. The summed E-state index contributed by atoms with van der Waals surface area (Å²) in [7, 11) is 2.13. The molecule has 0 radical (unpaired) electrons. The molecule has 0 atom stereocenters. The van der Waals surface area contributed by atoms with Crippen molar-refractivity contribution in [3.05, 3.63) is 0 Å². The first kappa shape index (κ1) is 9.51. The van der Waals surface area contributed by atoms with Gasteiger partial charge in [0.15, 0.2) is 0 Å². The van der Waals surface area contributed by atoms with Crippen LogP contribution in [0.5, 0.6) is 0 Å². The smallest absolute Gasteiger partial charge is 0.0180 e. The fraction of sp³-hybridized carbons (Fsp3) is 1.00. The maximum Gasteiger partial charge on any atom is 0.0180 e. The molecule has 2 aliphatic rings. The van der Waals surface area contributed by atoms with Crippen molar-refractivity contribution in [3.63, 3.8) is 0 Å². The van der Waals surface area contributed by atoms with Crippen LogP contribution in [-0.2, 0) is 0 Å². The van der Waals surface area contributed by atoms with Gasteiger partial charge in [-0.2, -0.15) is 0 Å². The molecule has 2 saturated carbocycles. The molecule has 0 saturated heterocycles. The second kappa shape index (κ2) is 4.00. The third kappa shape index (κ3) is 2.46. The molecule has 2 rings (SSSR count). The fourth-order valence-corrected chi connectivity index (χ4v) is 2.73. The Hall–Kier alpha value is -0.0400. The second-order valence-corrected chi connectivity index (χ2v) is 5.07. The summed E-state index contributed by atoms with van der Waals surface area (Å²) in [6, 6.07) is 0. The molecule has 1 heteroatoms. The highest BCUT2D eigenvalue weighted by molar-refractivity contribution is 5.00. The van der Waals surface area contributed by atoms with E-state index in [4.69, 9.17) is 0 Å². The standard InChI is InChI=1S/C12H23N/c1-13-12(9-10-12)8-7-11-5-3-2-4-6-11/h11,13H,2-10H2,1H3. The minimum atomic E-state index is 0.595. The summed E-state index contributed by atoms with van der Waals surface area (Å²) in [5.41, 5.74) is 0.595. The van der Waals surface area contributed by atoms with Crippen LogP contribution in [-0.4, -0.2) is 12.6 Å². The highest BCUT2D eigenvalue weighted by Gasteiger charge is 2.40. The van der Waals surface area contributed by atoms with E-state index in [0.717, 1.165) is 5.92 Å². The number of rotatable bonds is 4. The van der Waals surface area contributed by atoms with E-state index in [-0.39, 0.29) is 0 Å². The summed E-state index contributed by atoms with van der Waals surface area (Å²) in [5.74, 6) is 1.07. The van der Waals surface area contributed by atoms with E-state index in [1.807, 2.05) is 0 Å². The van der Waals surface area contributed by atoms with E-state index in [2.05, 4.69) is 12.4 Å². The van der Waals surface area contributed by atoms with Gasteiger partial charge in [-0.25, -0.2) is 0 Å². The van der Waals surface area contributed by atoms with Crippen LogP contribution in [0.1, 0.15) is 57.8 Å². The first-order chi connectivity index (χ1) is 6.35. The molecule has 13 heavy (non-hydrogen) atoms. The lowest BCUT2D eigenvalue weighted by molar-refractivity contribution is 0.312. The average Bonchev–Trinajstić information content (AvgIpc) is 2.97. The van der Waals surface area contributed by atoms with Gasteiger partial charge in [0.05, 0.1) is 0 Å². The van der Waals surface area contributed by atoms with Gasteiger partial charge < -0.3 is 5.32 Å². The molecule has 0 spiro atoms. The highest BCUT2D eigenvalue weighted by atomic mass is 15.0. The fourth-order valence-electron chi connectivity index (χ4n) is 2.73. The van der Waals surface area contributed by atoms with Crippen molar-refractivity contribution in [2.45, 2.75) is 63.3 Å². The zero-order valence-electron chi connectivity index (χ0n) is 8.94. The Bertz CT molecular complexity index is 155. The number of nitrogens with one attached hydrogen (secondary N) is 1. The van der Waals surface area contributed by atoms with Crippen LogP contribution >= 0.6 is 0 Å². The Kier molecular flexibility index (Phi) is 2.92. The minimum Gasteiger partial charge on any atom is -0.314 e. The van der Waals surface area contributed by atoms with Crippen LogP contribution < -0.4 is 5.32 Å². The van der Waals surface area contributed by atoms with Gasteiger partial charge in [-0.3, -0.25) is 0 Å². The van der Waals surface area contributed by atoms with Crippen molar-refractivity contribution in [1.29, 1.82) is 0 Å². The van der Waals surface area contributed by atoms with Gasteiger partial charge in [-0.15, -0.1) is 0 Å². The predicted octanol–water partition coefficient (Wildman–Crippen LogP) is 3.10. The van der Waals surface area contributed by atoms with Crippen LogP contribution in [0.2, 0.25) is 0 Å². The van der Waals surface area contributed by atoms with Gasteiger partial charge in [0.2, 0.25) is 0 Å². The van der Waals surface area contributed by atoms with Gasteiger partial charge in [0, 0.05) is 5.54 Å². The molecule has 0 aromatic carbocycles. The third-order valence-electron chi connectivity index (χ3n) is 4.14. The van der Waals surface area contributed by atoms with E-state index in [1.54, 1.807) is 0 Å². The predicted molar refractivity (Wildman–Crippen MR) is 56.8 cm³/mol. The Labute approximate surface area is 82.3 Å². The summed E-state index contributed by atoms with van der Waals surface area (Å²) in [6.45, 7) is 0. The van der Waals surface area contributed by atoms with Gasteiger partial charge in [0.25, 0.3) is 0 Å². The molecule has 0 unspecified atom stereocenters. The van der Waals surface area contributed by atoms with Crippen LogP contribution in [0.4, 0.5) is 0 Å². The highest BCUT2D eigenvalue weighted by Crippen LogP contribution is 2.41. The van der Waals surface area contributed by atoms with E-state index in [9.17, 15) is 0 Å². The lowest BCUT2D eigenvalue weighted by atomic mass is 9.85. The van der Waals surface area contributed by atoms with Gasteiger partial charge in [-0.1, -0.05) is 32.1 Å². The second-order valence-electron chi connectivity index (χ2n) is 5.07. The first-order valence-corrected chi connectivity index (χ1v) is 6.04. The molecular formula is C12H23N. The molecule has 0 aromatic rings. The lowest BCUT2D eigenvalue weighted by Gasteiger charge is -2.23. The van der Waals surface area contributed by atoms with Crippen molar-refractivity contribution >= 4 is 0 Å². The molecule has 0 amide bonds. The molecule has 0 aromatic heterocycles. The molecule has 0 bridgehead atoms. The topological polar surface area (TPSA) is 12.0 Å². The van der Waals surface area contributed by atoms with Crippen molar-refractivity contribution in [2.75, 3.05) is 7.05 Å². The van der Waals surface area contributed by atoms with Crippen molar-refractivity contribution in [2.24, 2.45) is 5.92 Å². The van der Waals surface area contributed by atoms with Crippen LogP contribution in [0.25, 0.3) is 0 Å². The minimum absolute atomic E-state index is 0.595.